The molecule has 2 aliphatic rings. The second kappa shape index (κ2) is 5.57. The van der Waals surface area contributed by atoms with Crippen LogP contribution in [-0.4, -0.2) is 35.4 Å². The van der Waals surface area contributed by atoms with E-state index in [0.717, 1.165) is 25.7 Å². The van der Waals surface area contributed by atoms with Crippen LogP contribution in [0.1, 0.15) is 52.4 Å². The zero-order valence-electron chi connectivity index (χ0n) is 11.4. The van der Waals surface area contributed by atoms with Crippen molar-refractivity contribution in [2.75, 3.05) is 6.61 Å². The predicted molar refractivity (Wildman–Crippen MR) is 69.6 cm³/mol. The van der Waals surface area contributed by atoms with E-state index in [1.165, 1.54) is 12.8 Å². The van der Waals surface area contributed by atoms with Gasteiger partial charge in [-0.15, -0.1) is 0 Å². The quantitative estimate of drug-likeness (QED) is 0.763. The summed E-state index contributed by atoms with van der Waals surface area (Å²) in [6.45, 7) is 4.25. The Morgan fingerprint density at radius 2 is 2.11 bits per heavy atom. The Balaban J connectivity index is 1.82. The molecule has 0 bridgehead atoms. The second-order valence-corrected chi connectivity index (χ2v) is 6.26. The van der Waals surface area contributed by atoms with E-state index >= 15 is 0 Å². The summed E-state index contributed by atoms with van der Waals surface area (Å²) < 4.78 is 5.87. The highest BCUT2D eigenvalue weighted by Gasteiger charge is 2.39. The van der Waals surface area contributed by atoms with E-state index in [2.05, 4.69) is 12.2 Å². The molecule has 0 radical (unpaired) electrons. The van der Waals surface area contributed by atoms with Crippen LogP contribution in [0.5, 0.6) is 0 Å². The molecular weight excluding hydrogens is 230 g/mol. The lowest BCUT2D eigenvalue weighted by Gasteiger charge is -2.32. The monoisotopic (exact) mass is 255 g/mol. The van der Waals surface area contributed by atoms with Gasteiger partial charge in [-0.1, -0.05) is 19.8 Å². The third-order valence-electron chi connectivity index (χ3n) is 4.07. The molecule has 0 aromatic rings. The molecule has 2 saturated carbocycles. The highest BCUT2D eigenvalue weighted by molar-refractivity contribution is 5.78. The number of hydrogen-bond donors (Lipinski definition) is 2. The number of rotatable bonds is 6. The third kappa shape index (κ3) is 3.69. The molecule has 104 valence electrons. The van der Waals surface area contributed by atoms with Crippen molar-refractivity contribution in [3.8, 4) is 0 Å². The number of ether oxygens (including phenoxy) is 1. The molecule has 0 heterocycles. The molecule has 2 N–H and O–H groups in total. The maximum Gasteiger partial charge on any atom is 0.326 e. The van der Waals surface area contributed by atoms with E-state index in [9.17, 15) is 9.90 Å². The van der Waals surface area contributed by atoms with Crippen LogP contribution in [-0.2, 0) is 9.53 Å². The van der Waals surface area contributed by atoms with Gasteiger partial charge in [0.1, 0.15) is 5.54 Å². The summed E-state index contributed by atoms with van der Waals surface area (Å²) in [5.41, 5.74) is -0.929. The number of carboxylic acids is 1. The van der Waals surface area contributed by atoms with E-state index in [4.69, 9.17) is 4.74 Å². The standard InChI is InChI=1S/C14H25NO3/c1-10-4-3-5-12(8-10)18-9-14(2,13(16)17)15-11-6-7-11/h10-12,15H,3-9H2,1-2H3,(H,16,17). The van der Waals surface area contributed by atoms with Crippen LogP contribution in [0.3, 0.4) is 0 Å². The summed E-state index contributed by atoms with van der Waals surface area (Å²) in [7, 11) is 0. The van der Waals surface area contributed by atoms with Gasteiger partial charge in [0, 0.05) is 6.04 Å². The molecule has 4 heteroatoms. The highest BCUT2D eigenvalue weighted by Crippen LogP contribution is 2.27. The van der Waals surface area contributed by atoms with Gasteiger partial charge in [0.15, 0.2) is 0 Å². The number of carbonyl (C=O) groups is 1. The molecule has 3 atom stereocenters. The van der Waals surface area contributed by atoms with E-state index in [-0.39, 0.29) is 12.7 Å². The molecule has 0 spiro atoms. The molecule has 0 aromatic carbocycles. The number of carboxylic acid groups (broad SMARTS) is 1. The first-order valence-corrected chi connectivity index (χ1v) is 7.12. The first kappa shape index (κ1) is 13.8. The molecule has 18 heavy (non-hydrogen) atoms. The van der Waals surface area contributed by atoms with Crippen molar-refractivity contribution in [3.63, 3.8) is 0 Å². The Labute approximate surface area is 109 Å². The fourth-order valence-corrected chi connectivity index (χ4v) is 2.66. The SMILES string of the molecule is CC1CCCC(OCC(C)(NC2CC2)C(=O)O)C1. The number of hydrogen-bond acceptors (Lipinski definition) is 3. The summed E-state index contributed by atoms with van der Waals surface area (Å²) in [5, 5.41) is 12.5. The van der Waals surface area contributed by atoms with Gasteiger partial charge in [-0.3, -0.25) is 10.1 Å². The number of nitrogens with one attached hydrogen (secondary N) is 1. The first-order chi connectivity index (χ1) is 8.49. The average molecular weight is 255 g/mol. The fourth-order valence-electron chi connectivity index (χ4n) is 2.66. The lowest BCUT2D eigenvalue weighted by atomic mass is 9.88. The van der Waals surface area contributed by atoms with Crippen molar-refractivity contribution < 1.29 is 14.6 Å². The van der Waals surface area contributed by atoms with Crippen molar-refractivity contribution in [2.45, 2.75) is 70.1 Å². The van der Waals surface area contributed by atoms with Crippen LogP contribution >= 0.6 is 0 Å². The van der Waals surface area contributed by atoms with Gasteiger partial charge < -0.3 is 9.84 Å². The van der Waals surface area contributed by atoms with Gasteiger partial charge >= 0.3 is 5.97 Å². The van der Waals surface area contributed by atoms with Crippen molar-refractivity contribution in [1.29, 1.82) is 0 Å². The lowest BCUT2D eigenvalue weighted by molar-refractivity contribution is -0.148. The molecule has 2 aliphatic carbocycles. The summed E-state index contributed by atoms with van der Waals surface area (Å²) in [4.78, 5) is 11.4. The van der Waals surface area contributed by atoms with Gasteiger partial charge in [-0.2, -0.15) is 0 Å². The van der Waals surface area contributed by atoms with Crippen LogP contribution < -0.4 is 5.32 Å². The molecule has 2 rings (SSSR count). The summed E-state index contributed by atoms with van der Waals surface area (Å²) in [6, 6.07) is 0.375. The normalized spacial score (nSPS) is 31.9. The molecule has 0 amide bonds. The molecule has 0 saturated heterocycles. The Morgan fingerprint density at radius 1 is 1.39 bits per heavy atom. The Morgan fingerprint density at radius 3 is 2.67 bits per heavy atom. The molecule has 4 nitrogen and oxygen atoms in total. The minimum atomic E-state index is -0.929. The second-order valence-electron chi connectivity index (χ2n) is 6.26. The van der Waals surface area contributed by atoms with Crippen molar-refractivity contribution in [3.05, 3.63) is 0 Å². The van der Waals surface area contributed by atoms with E-state index in [1.807, 2.05) is 0 Å². The molecule has 2 fully saturated rings. The van der Waals surface area contributed by atoms with Gasteiger partial charge in [-0.05, 0) is 38.5 Å². The van der Waals surface area contributed by atoms with Crippen molar-refractivity contribution in [1.82, 2.24) is 5.32 Å². The average Bonchev–Trinajstić information content (AvgIpc) is 3.10. The Hall–Kier alpha value is -0.610. The van der Waals surface area contributed by atoms with E-state index in [0.29, 0.717) is 12.0 Å². The summed E-state index contributed by atoms with van der Waals surface area (Å²) >= 11 is 0. The van der Waals surface area contributed by atoms with Crippen LogP contribution in [0.2, 0.25) is 0 Å². The first-order valence-electron chi connectivity index (χ1n) is 7.12. The van der Waals surface area contributed by atoms with E-state index < -0.39 is 11.5 Å². The maximum absolute atomic E-state index is 11.4. The van der Waals surface area contributed by atoms with E-state index in [1.54, 1.807) is 6.92 Å². The minimum absolute atomic E-state index is 0.244. The van der Waals surface area contributed by atoms with Crippen LogP contribution in [0.15, 0.2) is 0 Å². The van der Waals surface area contributed by atoms with Gasteiger partial charge in [-0.25, -0.2) is 0 Å². The minimum Gasteiger partial charge on any atom is -0.480 e. The fraction of sp³-hybridized carbons (Fsp3) is 0.929. The van der Waals surface area contributed by atoms with Gasteiger partial charge in [0.05, 0.1) is 12.7 Å². The largest absolute Gasteiger partial charge is 0.480 e. The van der Waals surface area contributed by atoms with Gasteiger partial charge in [0.2, 0.25) is 0 Å². The highest BCUT2D eigenvalue weighted by atomic mass is 16.5. The van der Waals surface area contributed by atoms with Crippen molar-refractivity contribution in [2.24, 2.45) is 5.92 Å². The predicted octanol–water partition coefficient (Wildman–Crippen LogP) is 2.18. The maximum atomic E-state index is 11.4. The van der Waals surface area contributed by atoms with Crippen LogP contribution in [0.25, 0.3) is 0 Å². The summed E-state index contributed by atoms with van der Waals surface area (Å²) in [5.74, 6) is -0.102. The van der Waals surface area contributed by atoms with Crippen molar-refractivity contribution >= 4 is 5.97 Å². The molecular formula is C14H25NO3. The van der Waals surface area contributed by atoms with Crippen LogP contribution in [0.4, 0.5) is 0 Å². The molecule has 0 aromatic heterocycles. The number of aliphatic carboxylic acids is 1. The topological polar surface area (TPSA) is 58.6 Å². The third-order valence-corrected chi connectivity index (χ3v) is 4.07. The summed E-state index contributed by atoms with van der Waals surface area (Å²) in [6.07, 6.45) is 7.03. The Kier molecular flexibility index (Phi) is 4.28. The smallest absolute Gasteiger partial charge is 0.326 e. The van der Waals surface area contributed by atoms with Gasteiger partial charge in [0.25, 0.3) is 0 Å². The Bertz CT molecular complexity index is 303. The molecule has 0 aliphatic heterocycles. The molecule has 3 unspecified atom stereocenters. The van der Waals surface area contributed by atoms with Crippen LogP contribution in [0, 0.1) is 5.92 Å². The zero-order valence-corrected chi connectivity index (χ0v) is 11.4. The zero-order chi connectivity index (χ0) is 13.2. The lowest BCUT2D eigenvalue weighted by Crippen LogP contribution is -2.54.